The molecule has 0 N–H and O–H groups in total. The maximum absolute atomic E-state index is 12.6. The van der Waals surface area contributed by atoms with Crippen molar-refractivity contribution >= 4 is 17.7 Å². The third-order valence-electron chi connectivity index (χ3n) is 4.40. The Morgan fingerprint density at radius 2 is 2.04 bits per heavy atom. The number of carbonyl (C=O) groups is 1. The van der Waals surface area contributed by atoms with E-state index in [2.05, 4.69) is 50.1 Å². The zero-order valence-corrected chi connectivity index (χ0v) is 15.4. The zero-order chi connectivity index (χ0) is 17.1. The lowest BCUT2D eigenvalue weighted by Gasteiger charge is -2.31. The van der Waals surface area contributed by atoms with Crippen LogP contribution in [0.5, 0.6) is 0 Å². The molecule has 128 valence electrons. The van der Waals surface area contributed by atoms with Crippen molar-refractivity contribution in [2.24, 2.45) is 0 Å². The van der Waals surface area contributed by atoms with Gasteiger partial charge in [0.15, 0.2) is 0 Å². The van der Waals surface area contributed by atoms with Crippen molar-refractivity contribution in [3.05, 3.63) is 47.8 Å². The number of aryl methyl sites for hydroxylation is 1. The molecular weight excluding hydrogens is 318 g/mol. The van der Waals surface area contributed by atoms with Crippen LogP contribution in [-0.2, 0) is 0 Å². The highest BCUT2D eigenvalue weighted by Gasteiger charge is 2.25. The Balaban J connectivity index is 1.55. The molecule has 0 unspecified atom stereocenters. The van der Waals surface area contributed by atoms with Gasteiger partial charge in [0.2, 0.25) is 0 Å². The monoisotopic (exact) mass is 343 g/mol. The Kier molecular flexibility index (Phi) is 5.29. The molecule has 0 saturated carbocycles. The Morgan fingerprint density at radius 3 is 2.67 bits per heavy atom. The van der Waals surface area contributed by atoms with Crippen LogP contribution in [-0.4, -0.2) is 38.9 Å². The number of nitrogens with zero attached hydrogens (tertiary/aromatic N) is 3. The van der Waals surface area contributed by atoms with Crippen molar-refractivity contribution < 1.29 is 4.79 Å². The van der Waals surface area contributed by atoms with Crippen molar-refractivity contribution in [2.45, 2.75) is 49.8 Å². The van der Waals surface area contributed by atoms with Crippen LogP contribution in [0.4, 0.5) is 0 Å². The van der Waals surface area contributed by atoms with Gasteiger partial charge >= 0.3 is 0 Å². The van der Waals surface area contributed by atoms with Crippen molar-refractivity contribution in [3.63, 3.8) is 0 Å². The largest absolute Gasteiger partial charge is 0.338 e. The van der Waals surface area contributed by atoms with Crippen LogP contribution >= 0.6 is 11.8 Å². The van der Waals surface area contributed by atoms with Gasteiger partial charge in [-0.2, -0.15) is 5.10 Å². The van der Waals surface area contributed by atoms with Gasteiger partial charge in [-0.15, -0.1) is 11.8 Å². The van der Waals surface area contributed by atoms with Crippen LogP contribution in [0.2, 0.25) is 0 Å². The van der Waals surface area contributed by atoms with Crippen molar-refractivity contribution in [1.82, 2.24) is 14.7 Å². The molecule has 24 heavy (non-hydrogen) atoms. The average molecular weight is 343 g/mol. The second-order valence-electron chi connectivity index (χ2n) is 6.73. The highest BCUT2D eigenvalue weighted by atomic mass is 32.2. The normalized spacial score (nSPS) is 15.9. The second kappa shape index (κ2) is 7.43. The number of carbonyl (C=O) groups excluding carboxylic acids is 1. The fraction of sp³-hybridized carbons (Fsp3) is 0.474. The second-order valence-corrected chi connectivity index (χ2v) is 8.10. The molecule has 3 rings (SSSR count). The molecule has 0 atom stereocenters. The van der Waals surface area contributed by atoms with E-state index in [1.165, 1.54) is 10.5 Å². The number of amides is 1. The first-order valence-electron chi connectivity index (χ1n) is 8.59. The number of rotatable bonds is 4. The number of likely N-dealkylation sites (tertiary alicyclic amines) is 1. The SMILES string of the molecule is Cc1cccc(SC2CCN(C(=O)c3cnn(C(C)C)c3)CC2)c1. The molecular formula is C19H25N3OS. The van der Waals surface area contributed by atoms with Gasteiger partial charge in [0.1, 0.15) is 0 Å². The molecule has 0 aliphatic carbocycles. The molecule has 2 aromatic rings. The van der Waals surface area contributed by atoms with Crippen molar-refractivity contribution in [3.8, 4) is 0 Å². The smallest absolute Gasteiger partial charge is 0.257 e. The van der Waals surface area contributed by atoms with Gasteiger partial charge in [-0.3, -0.25) is 9.48 Å². The minimum atomic E-state index is 0.112. The van der Waals surface area contributed by atoms with E-state index in [0.29, 0.717) is 10.8 Å². The van der Waals surface area contributed by atoms with Crippen LogP contribution < -0.4 is 0 Å². The molecule has 5 heteroatoms. The van der Waals surface area contributed by atoms with Gasteiger partial charge in [0.05, 0.1) is 11.8 Å². The van der Waals surface area contributed by atoms with Gasteiger partial charge in [-0.1, -0.05) is 17.7 Å². The van der Waals surface area contributed by atoms with E-state index in [1.54, 1.807) is 6.20 Å². The number of benzene rings is 1. The summed E-state index contributed by atoms with van der Waals surface area (Å²) in [5, 5.41) is 4.87. The molecule has 1 aromatic heterocycles. The van der Waals surface area contributed by atoms with Gasteiger partial charge in [0.25, 0.3) is 5.91 Å². The van der Waals surface area contributed by atoms with Crippen LogP contribution in [0, 0.1) is 6.92 Å². The first-order chi connectivity index (χ1) is 11.5. The molecule has 1 fully saturated rings. The molecule has 2 heterocycles. The van der Waals surface area contributed by atoms with E-state index in [9.17, 15) is 4.79 Å². The molecule has 0 radical (unpaired) electrons. The van der Waals surface area contributed by atoms with Gasteiger partial charge in [-0.25, -0.2) is 0 Å². The predicted octanol–water partition coefficient (Wildman–Crippen LogP) is 4.17. The Morgan fingerprint density at radius 1 is 1.29 bits per heavy atom. The van der Waals surface area contributed by atoms with Crippen molar-refractivity contribution in [1.29, 1.82) is 0 Å². The van der Waals surface area contributed by atoms with E-state index in [0.717, 1.165) is 25.9 Å². The molecule has 1 aliphatic rings. The maximum atomic E-state index is 12.6. The van der Waals surface area contributed by atoms with E-state index in [4.69, 9.17) is 0 Å². The molecule has 4 nitrogen and oxygen atoms in total. The van der Waals surface area contributed by atoms with E-state index < -0.39 is 0 Å². The van der Waals surface area contributed by atoms with Crippen molar-refractivity contribution in [2.75, 3.05) is 13.1 Å². The fourth-order valence-electron chi connectivity index (χ4n) is 2.97. The highest BCUT2D eigenvalue weighted by Crippen LogP contribution is 2.31. The third-order valence-corrected chi connectivity index (χ3v) is 5.73. The predicted molar refractivity (Wildman–Crippen MR) is 98.6 cm³/mol. The molecule has 0 spiro atoms. The van der Waals surface area contributed by atoms with Gasteiger partial charge < -0.3 is 4.90 Å². The average Bonchev–Trinajstić information content (AvgIpc) is 3.05. The third kappa shape index (κ3) is 4.01. The summed E-state index contributed by atoms with van der Waals surface area (Å²) in [6.45, 7) is 7.91. The number of thioether (sulfide) groups is 1. The van der Waals surface area contributed by atoms with Crippen LogP contribution in [0.3, 0.4) is 0 Å². The maximum Gasteiger partial charge on any atom is 0.257 e. The summed E-state index contributed by atoms with van der Waals surface area (Å²) in [5.41, 5.74) is 2.00. The highest BCUT2D eigenvalue weighted by molar-refractivity contribution is 8.00. The number of piperidine rings is 1. The van der Waals surface area contributed by atoms with E-state index >= 15 is 0 Å². The first kappa shape index (κ1) is 17.1. The molecule has 1 amide bonds. The van der Waals surface area contributed by atoms with Gasteiger partial charge in [0, 0.05) is 35.5 Å². The number of hydrogen-bond acceptors (Lipinski definition) is 3. The molecule has 1 aromatic carbocycles. The summed E-state index contributed by atoms with van der Waals surface area (Å²) >= 11 is 1.94. The Labute approximate surface area is 148 Å². The topological polar surface area (TPSA) is 38.1 Å². The minimum absolute atomic E-state index is 0.112. The molecule has 1 saturated heterocycles. The molecule has 0 bridgehead atoms. The first-order valence-corrected chi connectivity index (χ1v) is 9.47. The fourth-order valence-corrected chi connectivity index (χ4v) is 4.21. The number of hydrogen-bond donors (Lipinski definition) is 0. The summed E-state index contributed by atoms with van der Waals surface area (Å²) in [4.78, 5) is 15.9. The lowest BCUT2D eigenvalue weighted by molar-refractivity contribution is 0.0727. The minimum Gasteiger partial charge on any atom is -0.338 e. The van der Waals surface area contributed by atoms with E-state index in [-0.39, 0.29) is 11.9 Å². The Hall–Kier alpha value is -1.75. The van der Waals surface area contributed by atoms with Crippen LogP contribution in [0.25, 0.3) is 0 Å². The number of aromatic nitrogens is 2. The summed E-state index contributed by atoms with van der Waals surface area (Å²) in [5.74, 6) is 0.112. The Bertz CT molecular complexity index is 702. The quantitative estimate of drug-likeness (QED) is 0.836. The lowest BCUT2D eigenvalue weighted by Crippen LogP contribution is -2.39. The lowest BCUT2D eigenvalue weighted by atomic mass is 10.1. The summed E-state index contributed by atoms with van der Waals surface area (Å²) in [7, 11) is 0. The van der Waals surface area contributed by atoms with Gasteiger partial charge in [-0.05, 0) is 45.7 Å². The van der Waals surface area contributed by atoms with Crippen LogP contribution in [0.1, 0.15) is 48.7 Å². The van der Waals surface area contributed by atoms with Crippen LogP contribution in [0.15, 0.2) is 41.6 Å². The molecule has 1 aliphatic heterocycles. The van der Waals surface area contributed by atoms with E-state index in [1.807, 2.05) is 27.5 Å². The summed E-state index contributed by atoms with van der Waals surface area (Å²) < 4.78 is 1.84. The summed E-state index contributed by atoms with van der Waals surface area (Å²) in [6, 6.07) is 8.94. The zero-order valence-electron chi connectivity index (χ0n) is 14.6. The standard InChI is InChI=1S/C19H25N3OS/c1-14(2)22-13-16(12-20-22)19(23)21-9-7-17(8-10-21)24-18-6-4-5-15(3)11-18/h4-6,11-14,17H,7-10H2,1-3H3. The summed E-state index contributed by atoms with van der Waals surface area (Å²) in [6.07, 6.45) is 5.64.